The van der Waals surface area contributed by atoms with Crippen molar-refractivity contribution in [1.82, 2.24) is 0 Å². The van der Waals surface area contributed by atoms with Gasteiger partial charge in [0.1, 0.15) is 17.6 Å². The Morgan fingerprint density at radius 3 is 2.29 bits per heavy atom. The minimum atomic E-state index is -1.04. The largest absolute Gasteiger partial charge is 0.457 e. The third-order valence-electron chi connectivity index (χ3n) is 5.19. The van der Waals surface area contributed by atoms with E-state index in [2.05, 4.69) is 6.07 Å². The lowest BCUT2D eigenvalue weighted by molar-refractivity contribution is -0.150. The molecule has 2 unspecified atom stereocenters. The number of benzene rings is 3. The second-order valence-corrected chi connectivity index (χ2v) is 7.78. The molecule has 0 spiro atoms. The first-order chi connectivity index (χ1) is 15.0. The number of nitriles is 1. The molecule has 0 aliphatic carbocycles. The number of esters is 1. The molecule has 0 N–H and O–H groups in total. The Bertz CT molecular complexity index is 1040. The molecular weight excluding hydrogens is 410 g/mol. The monoisotopic (exact) mass is 433 g/mol. The number of carbonyl (C=O) groups excluding carboxylic acids is 1. The van der Waals surface area contributed by atoms with Crippen LogP contribution in [0.3, 0.4) is 0 Å². The molecule has 3 atom stereocenters. The third kappa shape index (κ3) is 5.87. The number of para-hydroxylation sites is 1. The predicted molar refractivity (Wildman–Crippen MR) is 121 cm³/mol. The molecule has 0 radical (unpaired) electrons. The lowest BCUT2D eigenvalue weighted by atomic mass is 9.85. The van der Waals surface area contributed by atoms with E-state index in [0.29, 0.717) is 22.1 Å². The van der Waals surface area contributed by atoms with Gasteiger partial charge in [0.25, 0.3) is 0 Å². The molecule has 0 amide bonds. The van der Waals surface area contributed by atoms with Crippen LogP contribution in [0, 0.1) is 17.2 Å². The molecule has 0 heterocycles. The Labute approximate surface area is 188 Å². The summed E-state index contributed by atoms with van der Waals surface area (Å²) in [5.41, 5.74) is 1.38. The Kier molecular flexibility index (Phi) is 7.70. The third-order valence-corrected chi connectivity index (χ3v) is 5.44. The van der Waals surface area contributed by atoms with Crippen LogP contribution >= 0.6 is 11.6 Å². The molecule has 0 bridgehead atoms. The van der Waals surface area contributed by atoms with Gasteiger partial charge < -0.3 is 9.47 Å². The number of halogens is 1. The summed E-state index contributed by atoms with van der Waals surface area (Å²) < 4.78 is 11.5. The van der Waals surface area contributed by atoms with Crippen molar-refractivity contribution in [2.45, 2.75) is 32.3 Å². The van der Waals surface area contributed by atoms with E-state index in [1.54, 1.807) is 36.4 Å². The van der Waals surface area contributed by atoms with Crippen LogP contribution in [-0.4, -0.2) is 5.97 Å². The van der Waals surface area contributed by atoms with E-state index in [1.165, 1.54) is 0 Å². The van der Waals surface area contributed by atoms with E-state index >= 15 is 0 Å². The Morgan fingerprint density at radius 1 is 0.968 bits per heavy atom. The molecule has 0 fully saturated rings. The zero-order chi connectivity index (χ0) is 22.2. The van der Waals surface area contributed by atoms with E-state index in [9.17, 15) is 10.1 Å². The van der Waals surface area contributed by atoms with Gasteiger partial charge in [0.05, 0.1) is 5.92 Å². The number of rotatable bonds is 8. The van der Waals surface area contributed by atoms with Crippen molar-refractivity contribution in [3.8, 4) is 17.6 Å². The van der Waals surface area contributed by atoms with Gasteiger partial charge in [-0.15, -0.1) is 0 Å². The van der Waals surface area contributed by atoms with E-state index in [1.807, 2.05) is 56.3 Å². The van der Waals surface area contributed by atoms with E-state index < -0.39 is 18.0 Å². The molecule has 4 nitrogen and oxygen atoms in total. The van der Waals surface area contributed by atoms with Crippen LogP contribution in [0.2, 0.25) is 5.02 Å². The van der Waals surface area contributed by atoms with Crippen molar-refractivity contribution < 1.29 is 14.3 Å². The molecule has 0 aromatic heterocycles. The first-order valence-corrected chi connectivity index (χ1v) is 10.6. The number of hydrogen-bond donors (Lipinski definition) is 0. The Morgan fingerprint density at radius 2 is 1.65 bits per heavy atom. The zero-order valence-electron chi connectivity index (χ0n) is 17.5. The first kappa shape index (κ1) is 22.4. The van der Waals surface area contributed by atoms with Gasteiger partial charge in [-0.1, -0.05) is 74.3 Å². The highest BCUT2D eigenvalue weighted by atomic mass is 35.5. The van der Waals surface area contributed by atoms with E-state index in [0.717, 1.165) is 12.0 Å². The molecule has 3 rings (SSSR count). The van der Waals surface area contributed by atoms with E-state index in [4.69, 9.17) is 21.1 Å². The molecule has 0 saturated carbocycles. The molecule has 158 valence electrons. The van der Waals surface area contributed by atoms with Crippen molar-refractivity contribution in [3.63, 3.8) is 0 Å². The highest BCUT2D eigenvalue weighted by molar-refractivity contribution is 6.30. The number of hydrogen-bond acceptors (Lipinski definition) is 4. The lowest BCUT2D eigenvalue weighted by Crippen LogP contribution is -2.23. The minimum absolute atomic E-state index is 0.0424. The van der Waals surface area contributed by atoms with Crippen LogP contribution in [0.25, 0.3) is 0 Å². The molecular formula is C26H24ClNO3. The second kappa shape index (κ2) is 10.7. The molecule has 0 aliphatic heterocycles. The smallest absolute Gasteiger partial charge is 0.315 e. The summed E-state index contributed by atoms with van der Waals surface area (Å²) in [6.45, 7) is 4.02. The van der Waals surface area contributed by atoms with Crippen LogP contribution in [0.15, 0.2) is 78.9 Å². The fraction of sp³-hybridized carbons (Fsp3) is 0.231. The SMILES string of the molecule is CC[C@@H](C)C(C(=O)OC(C#N)c1cccc(Oc2ccccc2)c1)c1ccc(Cl)cc1. The van der Waals surface area contributed by atoms with Crippen molar-refractivity contribution >= 4 is 17.6 Å². The standard InChI is InChI=1S/C26H24ClNO3/c1-3-18(2)25(19-12-14-21(27)15-13-19)26(29)31-24(17-28)20-8-7-11-23(16-20)30-22-9-5-4-6-10-22/h4-16,18,24-25H,3H2,1-2H3/t18-,24?,25?/m1/s1. The topological polar surface area (TPSA) is 59.3 Å². The Hall–Kier alpha value is -3.29. The summed E-state index contributed by atoms with van der Waals surface area (Å²) in [5, 5.41) is 10.3. The van der Waals surface area contributed by atoms with Crippen molar-refractivity contribution in [2.75, 3.05) is 0 Å². The fourth-order valence-corrected chi connectivity index (χ4v) is 3.45. The van der Waals surface area contributed by atoms with Gasteiger partial charge in [-0.25, -0.2) is 0 Å². The van der Waals surface area contributed by atoms with Gasteiger partial charge in [0.2, 0.25) is 6.10 Å². The summed E-state index contributed by atoms with van der Waals surface area (Å²) >= 11 is 6.00. The normalized spacial score (nSPS) is 13.5. The zero-order valence-corrected chi connectivity index (χ0v) is 18.3. The predicted octanol–water partition coefficient (Wildman–Crippen LogP) is 7.07. The number of carbonyl (C=O) groups is 1. The van der Waals surface area contributed by atoms with Gasteiger partial charge in [0.15, 0.2) is 0 Å². The van der Waals surface area contributed by atoms with Gasteiger partial charge in [-0.2, -0.15) is 5.26 Å². The highest BCUT2D eigenvalue weighted by Gasteiger charge is 2.30. The maximum absolute atomic E-state index is 13.1. The molecule has 0 aliphatic rings. The second-order valence-electron chi connectivity index (χ2n) is 7.35. The quantitative estimate of drug-likeness (QED) is 0.356. The van der Waals surface area contributed by atoms with Crippen LogP contribution in [-0.2, 0) is 9.53 Å². The maximum atomic E-state index is 13.1. The van der Waals surface area contributed by atoms with Gasteiger partial charge in [-0.3, -0.25) is 4.79 Å². The maximum Gasteiger partial charge on any atom is 0.315 e. The molecule has 0 saturated heterocycles. The van der Waals surface area contributed by atoms with Crippen LogP contribution < -0.4 is 4.74 Å². The minimum Gasteiger partial charge on any atom is -0.457 e. The van der Waals surface area contributed by atoms with Crippen LogP contribution in [0.1, 0.15) is 43.4 Å². The molecule has 3 aromatic rings. The van der Waals surface area contributed by atoms with Crippen molar-refractivity contribution in [2.24, 2.45) is 5.92 Å². The van der Waals surface area contributed by atoms with Crippen molar-refractivity contribution in [1.29, 1.82) is 5.26 Å². The molecule has 5 heteroatoms. The lowest BCUT2D eigenvalue weighted by Gasteiger charge is -2.23. The average Bonchev–Trinajstić information content (AvgIpc) is 2.79. The van der Waals surface area contributed by atoms with E-state index in [-0.39, 0.29) is 5.92 Å². The van der Waals surface area contributed by atoms with Gasteiger partial charge in [-0.05, 0) is 47.9 Å². The summed E-state index contributed by atoms with van der Waals surface area (Å²) in [4.78, 5) is 13.1. The van der Waals surface area contributed by atoms with Crippen molar-refractivity contribution in [3.05, 3.63) is 95.0 Å². The first-order valence-electron chi connectivity index (χ1n) is 10.2. The Balaban J connectivity index is 1.80. The summed E-state index contributed by atoms with van der Waals surface area (Å²) in [5.74, 6) is 0.376. The van der Waals surface area contributed by atoms with Gasteiger partial charge >= 0.3 is 5.97 Å². The van der Waals surface area contributed by atoms with Crippen LogP contribution in [0.5, 0.6) is 11.5 Å². The summed E-state index contributed by atoms with van der Waals surface area (Å²) in [6, 6.07) is 25.7. The molecule has 3 aromatic carbocycles. The average molecular weight is 434 g/mol. The summed E-state index contributed by atoms with van der Waals surface area (Å²) in [7, 11) is 0. The fourth-order valence-electron chi connectivity index (χ4n) is 3.33. The summed E-state index contributed by atoms with van der Waals surface area (Å²) in [6.07, 6.45) is -0.245. The highest BCUT2D eigenvalue weighted by Crippen LogP contribution is 2.32. The number of ether oxygens (including phenoxy) is 2. The van der Waals surface area contributed by atoms with Crippen LogP contribution in [0.4, 0.5) is 0 Å². The van der Waals surface area contributed by atoms with Gasteiger partial charge in [0, 0.05) is 10.6 Å². The number of nitrogens with zero attached hydrogens (tertiary/aromatic N) is 1. The molecule has 31 heavy (non-hydrogen) atoms.